The molecule has 2 aromatic rings. The summed E-state index contributed by atoms with van der Waals surface area (Å²) in [5.41, 5.74) is 1.99. The summed E-state index contributed by atoms with van der Waals surface area (Å²) in [5.74, 6) is 0.267. The lowest BCUT2D eigenvalue weighted by Crippen LogP contribution is -2.20. The van der Waals surface area contributed by atoms with Gasteiger partial charge in [-0.1, -0.05) is 42.5 Å². The van der Waals surface area contributed by atoms with Crippen molar-refractivity contribution in [1.82, 2.24) is 5.32 Å². The van der Waals surface area contributed by atoms with Crippen LogP contribution in [-0.2, 0) is 6.54 Å². The maximum atomic E-state index is 9.94. The van der Waals surface area contributed by atoms with Crippen molar-refractivity contribution in [3.63, 3.8) is 0 Å². The Morgan fingerprint density at radius 2 is 1.61 bits per heavy atom. The summed E-state index contributed by atoms with van der Waals surface area (Å²) in [5, 5.41) is 22.3. The highest BCUT2D eigenvalue weighted by Crippen LogP contribution is 2.12. The van der Waals surface area contributed by atoms with Crippen LogP contribution < -0.4 is 5.32 Å². The van der Waals surface area contributed by atoms with Crippen LogP contribution in [0.2, 0.25) is 0 Å². The number of benzene rings is 2. The third-order valence-corrected chi connectivity index (χ3v) is 2.79. The molecule has 0 aliphatic carbocycles. The van der Waals surface area contributed by atoms with Crippen molar-refractivity contribution in [3.05, 3.63) is 65.7 Å². The molecule has 0 aliphatic heterocycles. The zero-order valence-corrected chi connectivity index (χ0v) is 10.1. The van der Waals surface area contributed by atoms with E-state index in [4.69, 9.17) is 5.11 Å². The lowest BCUT2D eigenvalue weighted by Gasteiger charge is -2.12. The van der Waals surface area contributed by atoms with Gasteiger partial charge in [0.1, 0.15) is 5.75 Å². The van der Waals surface area contributed by atoms with Gasteiger partial charge in [0.25, 0.3) is 0 Å². The van der Waals surface area contributed by atoms with E-state index < -0.39 is 6.10 Å². The van der Waals surface area contributed by atoms with E-state index in [0.717, 1.165) is 11.1 Å². The molecule has 3 nitrogen and oxygen atoms in total. The van der Waals surface area contributed by atoms with E-state index in [9.17, 15) is 5.11 Å². The summed E-state index contributed by atoms with van der Waals surface area (Å²) in [6, 6.07) is 16.6. The summed E-state index contributed by atoms with van der Waals surface area (Å²) in [7, 11) is 0. The van der Waals surface area contributed by atoms with Gasteiger partial charge in [0.15, 0.2) is 0 Å². The van der Waals surface area contributed by atoms with Gasteiger partial charge < -0.3 is 15.5 Å². The van der Waals surface area contributed by atoms with Crippen molar-refractivity contribution in [1.29, 1.82) is 0 Å². The molecule has 0 radical (unpaired) electrons. The highest BCUT2D eigenvalue weighted by atomic mass is 16.3. The Morgan fingerprint density at radius 3 is 2.28 bits per heavy atom. The first-order valence-electron chi connectivity index (χ1n) is 5.97. The second-order valence-electron chi connectivity index (χ2n) is 4.22. The van der Waals surface area contributed by atoms with Gasteiger partial charge in [0.05, 0.1) is 6.10 Å². The molecular weight excluding hydrogens is 226 g/mol. The van der Waals surface area contributed by atoms with E-state index >= 15 is 0 Å². The number of aromatic hydroxyl groups is 1. The van der Waals surface area contributed by atoms with Crippen LogP contribution in [0.15, 0.2) is 54.6 Å². The van der Waals surface area contributed by atoms with E-state index in [-0.39, 0.29) is 5.75 Å². The lowest BCUT2D eigenvalue weighted by atomic mass is 10.1. The van der Waals surface area contributed by atoms with Crippen molar-refractivity contribution in [2.24, 2.45) is 0 Å². The Bertz CT molecular complexity index is 468. The normalized spacial score (nSPS) is 12.3. The standard InChI is InChI=1S/C15H17NO2/c17-14-8-6-12(7-9-14)10-16-11-15(18)13-4-2-1-3-5-13/h1-9,15-18H,10-11H2. The summed E-state index contributed by atoms with van der Waals surface area (Å²) in [6.07, 6.45) is -0.497. The van der Waals surface area contributed by atoms with Gasteiger partial charge in [-0.2, -0.15) is 0 Å². The van der Waals surface area contributed by atoms with Crippen molar-refractivity contribution in [2.45, 2.75) is 12.6 Å². The van der Waals surface area contributed by atoms with E-state index in [1.54, 1.807) is 12.1 Å². The van der Waals surface area contributed by atoms with Gasteiger partial charge in [-0.15, -0.1) is 0 Å². The van der Waals surface area contributed by atoms with Crippen LogP contribution in [0.3, 0.4) is 0 Å². The zero-order valence-electron chi connectivity index (χ0n) is 10.1. The van der Waals surface area contributed by atoms with E-state index in [1.165, 1.54) is 0 Å². The molecular formula is C15H17NO2. The van der Waals surface area contributed by atoms with E-state index in [2.05, 4.69) is 5.32 Å². The largest absolute Gasteiger partial charge is 0.508 e. The molecule has 2 aromatic carbocycles. The molecule has 3 heteroatoms. The highest BCUT2D eigenvalue weighted by Gasteiger charge is 2.05. The lowest BCUT2D eigenvalue weighted by molar-refractivity contribution is 0.174. The molecule has 0 heterocycles. The average molecular weight is 243 g/mol. The zero-order chi connectivity index (χ0) is 12.8. The number of hydrogen-bond acceptors (Lipinski definition) is 3. The number of aliphatic hydroxyl groups is 1. The minimum absolute atomic E-state index is 0.267. The molecule has 94 valence electrons. The fraction of sp³-hybridized carbons (Fsp3) is 0.200. The topological polar surface area (TPSA) is 52.5 Å². The molecule has 0 fully saturated rings. The molecule has 0 saturated heterocycles. The summed E-state index contributed by atoms with van der Waals surface area (Å²) in [6.45, 7) is 1.18. The Balaban J connectivity index is 1.80. The van der Waals surface area contributed by atoms with Crippen molar-refractivity contribution < 1.29 is 10.2 Å². The summed E-state index contributed by atoms with van der Waals surface area (Å²) < 4.78 is 0. The van der Waals surface area contributed by atoms with Crippen LogP contribution >= 0.6 is 0 Å². The molecule has 3 N–H and O–H groups in total. The Hall–Kier alpha value is -1.84. The van der Waals surface area contributed by atoms with Crippen molar-refractivity contribution in [2.75, 3.05) is 6.54 Å². The van der Waals surface area contributed by atoms with E-state index in [1.807, 2.05) is 42.5 Å². The quantitative estimate of drug-likeness (QED) is 0.754. The van der Waals surface area contributed by atoms with Crippen LogP contribution in [0.1, 0.15) is 17.2 Å². The SMILES string of the molecule is Oc1ccc(CNCC(O)c2ccccc2)cc1. The third-order valence-electron chi connectivity index (χ3n) is 2.79. The predicted octanol–water partition coefficient (Wildman–Crippen LogP) is 2.22. The second kappa shape index (κ2) is 6.19. The average Bonchev–Trinajstić information content (AvgIpc) is 2.42. The maximum Gasteiger partial charge on any atom is 0.115 e. The number of rotatable bonds is 5. The predicted molar refractivity (Wildman–Crippen MR) is 71.2 cm³/mol. The van der Waals surface area contributed by atoms with Gasteiger partial charge in [-0.25, -0.2) is 0 Å². The fourth-order valence-electron chi connectivity index (χ4n) is 1.76. The number of phenolic OH excluding ortho intramolecular Hbond substituents is 1. The van der Waals surface area contributed by atoms with Gasteiger partial charge in [-0.3, -0.25) is 0 Å². The van der Waals surface area contributed by atoms with Crippen LogP contribution in [0.25, 0.3) is 0 Å². The number of aliphatic hydroxyl groups excluding tert-OH is 1. The second-order valence-corrected chi connectivity index (χ2v) is 4.22. The van der Waals surface area contributed by atoms with Gasteiger partial charge in [-0.05, 0) is 23.3 Å². The minimum atomic E-state index is -0.497. The smallest absolute Gasteiger partial charge is 0.115 e. The molecule has 0 aromatic heterocycles. The first-order valence-corrected chi connectivity index (χ1v) is 5.97. The molecule has 1 atom stereocenters. The van der Waals surface area contributed by atoms with Crippen molar-refractivity contribution in [3.8, 4) is 5.75 Å². The van der Waals surface area contributed by atoms with Gasteiger partial charge in [0.2, 0.25) is 0 Å². The monoisotopic (exact) mass is 243 g/mol. The van der Waals surface area contributed by atoms with Gasteiger partial charge in [0, 0.05) is 13.1 Å². The molecule has 1 unspecified atom stereocenters. The first-order chi connectivity index (χ1) is 8.75. The number of hydrogen-bond donors (Lipinski definition) is 3. The first kappa shape index (κ1) is 12.6. The van der Waals surface area contributed by atoms with Crippen LogP contribution in [0.5, 0.6) is 5.75 Å². The molecule has 0 aliphatic rings. The summed E-state index contributed by atoms with van der Waals surface area (Å²) in [4.78, 5) is 0. The minimum Gasteiger partial charge on any atom is -0.508 e. The molecule has 0 spiro atoms. The molecule has 0 amide bonds. The number of phenols is 1. The van der Waals surface area contributed by atoms with Crippen LogP contribution in [0.4, 0.5) is 0 Å². The van der Waals surface area contributed by atoms with E-state index in [0.29, 0.717) is 13.1 Å². The Morgan fingerprint density at radius 1 is 0.944 bits per heavy atom. The van der Waals surface area contributed by atoms with Gasteiger partial charge >= 0.3 is 0 Å². The van der Waals surface area contributed by atoms with Crippen LogP contribution in [-0.4, -0.2) is 16.8 Å². The maximum absolute atomic E-state index is 9.94. The third kappa shape index (κ3) is 3.58. The van der Waals surface area contributed by atoms with Crippen molar-refractivity contribution >= 4 is 0 Å². The van der Waals surface area contributed by atoms with Crippen LogP contribution in [0, 0.1) is 0 Å². The molecule has 0 bridgehead atoms. The molecule has 0 saturated carbocycles. The highest BCUT2D eigenvalue weighted by molar-refractivity contribution is 5.25. The molecule has 18 heavy (non-hydrogen) atoms. The Labute approximate surface area is 107 Å². The number of nitrogens with one attached hydrogen (secondary N) is 1. The fourth-order valence-corrected chi connectivity index (χ4v) is 1.76. The Kier molecular flexibility index (Phi) is 4.34. The summed E-state index contributed by atoms with van der Waals surface area (Å²) >= 11 is 0. The molecule has 2 rings (SSSR count).